The van der Waals surface area contributed by atoms with Crippen LogP contribution in [0.15, 0.2) is 28.7 Å². The zero-order valence-electron chi connectivity index (χ0n) is 14.9. The Bertz CT molecular complexity index is 646. The zero-order valence-corrected chi connectivity index (χ0v) is 14.9. The van der Waals surface area contributed by atoms with E-state index in [-0.39, 0.29) is 12.1 Å². The Morgan fingerprint density at radius 2 is 1.83 bits per heavy atom. The van der Waals surface area contributed by atoms with Crippen molar-refractivity contribution in [1.29, 1.82) is 0 Å². The van der Waals surface area contributed by atoms with Crippen molar-refractivity contribution >= 4 is 0 Å². The van der Waals surface area contributed by atoms with Gasteiger partial charge in [0.1, 0.15) is 11.5 Å². The molecule has 0 aliphatic rings. The van der Waals surface area contributed by atoms with Gasteiger partial charge in [0.2, 0.25) is 0 Å². The van der Waals surface area contributed by atoms with E-state index in [0.29, 0.717) is 0 Å². The lowest BCUT2D eigenvalue weighted by Gasteiger charge is -2.16. The summed E-state index contributed by atoms with van der Waals surface area (Å²) in [7, 11) is 1.67. The number of hydrogen-bond donors (Lipinski definition) is 1. The molecule has 0 saturated carbocycles. The molecular formula is C19H27NO3. The van der Waals surface area contributed by atoms with Crippen molar-refractivity contribution in [3.8, 4) is 11.5 Å². The first-order valence-corrected chi connectivity index (χ1v) is 8.04. The topological polar surface area (TPSA) is 43.6 Å². The molecule has 0 radical (unpaired) electrons. The van der Waals surface area contributed by atoms with Gasteiger partial charge in [-0.05, 0) is 58.4 Å². The van der Waals surface area contributed by atoms with Gasteiger partial charge in [0.15, 0.2) is 11.5 Å². The lowest BCUT2D eigenvalue weighted by Crippen LogP contribution is -2.18. The number of hydrogen-bond acceptors (Lipinski definition) is 4. The predicted octanol–water partition coefficient (Wildman–Crippen LogP) is 4.54. The van der Waals surface area contributed by atoms with Gasteiger partial charge in [-0.15, -0.1) is 0 Å². The van der Waals surface area contributed by atoms with E-state index in [1.165, 1.54) is 5.56 Å². The highest BCUT2D eigenvalue weighted by Crippen LogP contribution is 2.29. The molecule has 4 nitrogen and oxygen atoms in total. The third-order valence-corrected chi connectivity index (χ3v) is 3.75. The van der Waals surface area contributed by atoms with Crippen molar-refractivity contribution in [1.82, 2.24) is 5.32 Å². The van der Waals surface area contributed by atoms with E-state index in [1.807, 2.05) is 39.8 Å². The zero-order chi connectivity index (χ0) is 17.0. The highest BCUT2D eigenvalue weighted by atomic mass is 16.5. The fraction of sp³-hybridized carbons (Fsp3) is 0.474. The third-order valence-electron chi connectivity index (χ3n) is 3.75. The van der Waals surface area contributed by atoms with Crippen molar-refractivity contribution in [3.05, 3.63) is 46.9 Å². The molecule has 2 aromatic rings. The maximum absolute atomic E-state index is 5.75. The maximum Gasteiger partial charge on any atom is 0.161 e. The van der Waals surface area contributed by atoms with Gasteiger partial charge in [-0.25, -0.2) is 0 Å². The van der Waals surface area contributed by atoms with E-state index in [2.05, 4.69) is 24.4 Å². The summed E-state index contributed by atoms with van der Waals surface area (Å²) in [6.07, 6.45) is 0.125. The number of aryl methyl sites for hydroxylation is 2. The molecule has 126 valence electrons. The van der Waals surface area contributed by atoms with Crippen LogP contribution in [0.4, 0.5) is 0 Å². The molecule has 4 heteroatoms. The van der Waals surface area contributed by atoms with Gasteiger partial charge in [-0.2, -0.15) is 0 Å². The lowest BCUT2D eigenvalue weighted by molar-refractivity contribution is 0.230. The Hall–Kier alpha value is -1.94. The molecule has 1 unspecified atom stereocenters. The van der Waals surface area contributed by atoms with Crippen LogP contribution in [0, 0.1) is 13.8 Å². The minimum atomic E-state index is 0.125. The summed E-state index contributed by atoms with van der Waals surface area (Å²) in [4.78, 5) is 0. The van der Waals surface area contributed by atoms with Crippen molar-refractivity contribution in [3.63, 3.8) is 0 Å². The molecule has 0 bridgehead atoms. The Morgan fingerprint density at radius 1 is 1.09 bits per heavy atom. The van der Waals surface area contributed by atoms with E-state index in [1.54, 1.807) is 7.11 Å². The van der Waals surface area contributed by atoms with E-state index in [4.69, 9.17) is 13.9 Å². The van der Waals surface area contributed by atoms with Crippen molar-refractivity contribution < 1.29 is 13.9 Å². The van der Waals surface area contributed by atoms with Crippen LogP contribution in [0.2, 0.25) is 0 Å². The molecule has 23 heavy (non-hydrogen) atoms. The van der Waals surface area contributed by atoms with Gasteiger partial charge in [0.25, 0.3) is 0 Å². The highest BCUT2D eigenvalue weighted by Gasteiger charge is 2.13. The second-order valence-electron chi connectivity index (χ2n) is 6.12. The molecule has 0 aliphatic carbocycles. The second kappa shape index (κ2) is 7.55. The number of furan rings is 1. The molecule has 1 heterocycles. The molecule has 1 atom stereocenters. The fourth-order valence-corrected chi connectivity index (χ4v) is 2.63. The van der Waals surface area contributed by atoms with E-state index in [9.17, 15) is 0 Å². The summed E-state index contributed by atoms with van der Waals surface area (Å²) in [5.74, 6) is 3.46. The maximum atomic E-state index is 5.75. The summed E-state index contributed by atoms with van der Waals surface area (Å²) in [5.41, 5.74) is 2.36. The number of nitrogens with one attached hydrogen (secondary N) is 1. The summed E-state index contributed by atoms with van der Waals surface area (Å²) < 4.78 is 16.8. The van der Waals surface area contributed by atoms with Crippen LogP contribution < -0.4 is 14.8 Å². The lowest BCUT2D eigenvalue weighted by atomic mass is 10.1. The number of rotatable bonds is 7. The molecule has 1 aromatic heterocycles. The molecule has 1 N–H and O–H groups in total. The Labute approximate surface area is 138 Å². The van der Waals surface area contributed by atoms with Crippen LogP contribution in [0.5, 0.6) is 11.5 Å². The van der Waals surface area contributed by atoms with Gasteiger partial charge in [0.05, 0.1) is 13.2 Å². The average Bonchev–Trinajstić information content (AvgIpc) is 2.84. The number of methoxy groups -OCH3 is 1. The molecule has 0 saturated heterocycles. The molecule has 1 aromatic carbocycles. The van der Waals surface area contributed by atoms with Crippen molar-refractivity contribution in [2.45, 2.75) is 53.3 Å². The van der Waals surface area contributed by atoms with Crippen LogP contribution in [-0.4, -0.2) is 13.2 Å². The van der Waals surface area contributed by atoms with Gasteiger partial charge in [-0.1, -0.05) is 6.07 Å². The Balaban J connectivity index is 2.04. The van der Waals surface area contributed by atoms with Crippen LogP contribution in [0.1, 0.15) is 49.5 Å². The Kier molecular flexibility index (Phi) is 5.72. The molecule has 0 aliphatic heterocycles. The number of benzene rings is 1. The molecule has 0 fully saturated rings. The van der Waals surface area contributed by atoms with Gasteiger partial charge in [0, 0.05) is 18.2 Å². The van der Waals surface area contributed by atoms with Gasteiger partial charge in [-0.3, -0.25) is 0 Å². The molecule has 2 rings (SSSR count). The molecule has 0 spiro atoms. The first-order chi connectivity index (χ1) is 10.9. The minimum Gasteiger partial charge on any atom is -0.493 e. The van der Waals surface area contributed by atoms with E-state index < -0.39 is 0 Å². The minimum absolute atomic E-state index is 0.125. The Morgan fingerprint density at radius 3 is 2.39 bits per heavy atom. The smallest absolute Gasteiger partial charge is 0.161 e. The van der Waals surface area contributed by atoms with E-state index >= 15 is 0 Å². The third kappa shape index (κ3) is 4.52. The predicted molar refractivity (Wildman–Crippen MR) is 92.2 cm³/mol. The van der Waals surface area contributed by atoms with Crippen molar-refractivity contribution in [2.75, 3.05) is 7.11 Å². The van der Waals surface area contributed by atoms with E-state index in [0.717, 1.165) is 35.1 Å². The highest BCUT2D eigenvalue weighted by molar-refractivity contribution is 5.43. The monoisotopic (exact) mass is 317 g/mol. The first kappa shape index (κ1) is 17.4. The van der Waals surface area contributed by atoms with Gasteiger partial charge < -0.3 is 19.2 Å². The summed E-state index contributed by atoms with van der Waals surface area (Å²) in [5, 5.41) is 3.52. The normalized spacial score (nSPS) is 12.5. The number of ether oxygens (including phenoxy) is 2. The van der Waals surface area contributed by atoms with Crippen LogP contribution in [0.3, 0.4) is 0 Å². The SMILES string of the molecule is COc1cc(CNC(C)c2cc(C)oc2C)ccc1OC(C)C. The van der Waals surface area contributed by atoms with Crippen LogP contribution in [0.25, 0.3) is 0 Å². The van der Waals surface area contributed by atoms with Crippen LogP contribution >= 0.6 is 0 Å². The second-order valence-corrected chi connectivity index (χ2v) is 6.12. The average molecular weight is 317 g/mol. The summed E-state index contributed by atoms with van der Waals surface area (Å²) >= 11 is 0. The quantitative estimate of drug-likeness (QED) is 0.814. The fourth-order valence-electron chi connectivity index (χ4n) is 2.63. The largest absolute Gasteiger partial charge is 0.493 e. The van der Waals surface area contributed by atoms with Crippen molar-refractivity contribution in [2.24, 2.45) is 0 Å². The molecular weight excluding hydrogens is 290 g/mol. The summed E-state index contributed by atoms with van der Waals surface area (Å²) in [6.45, 7) is 10.9. The van der Waals surface area contributed by atoms with Gasteiger partial charge >= 0.3 is 0 Å². The summed E-state index contributed by atoms with van der Waals surface area (Å²) in [6, 6.07) is 8.37. The standard InChI is InChI=1S/C19H27NO3/c1-12(2)22-18-8-7-16(10-19(18)21-6)11-20-14(4)17-9-13(3)23-15(17)5/h7-10,12,14,20H,11H2,1-6H3. The first-order valence-electron chi connectivity index (χ1n) is 8.04. The molecule has 0 amide bonds. The van der Waals surface area contributed by atoms with Crippen LogP contribution in [-0.2, 0) is 6.54 Å².